The van der Waals surface area contributed by atoms with Crippen molar-refractivity contribution in [2.45, 2.75) is 6.92 Å². The minimum atomic E-state index is -0.596. The zero-order chi connectivity index (χ0) is 20.1. The van der Waals surface area contributed by atoms with Gasteiger partial charge in [0.05, 0.1) is 17.2 Å². The first-order chi connectivity index (χ1) is 13.5. The minimum absolute atomic E-state index is 0.268. The summed E-state index contributed by atoms with van der Waals surface area (Å²) in [5.41, 5.74) is 6.29. The molecule has 1 aliphatic rings. The van der Waals surface area contributed by atoms with Crippen molar-refractivity contribution in [2.75, 3.05) is 18.1 Å². The molecule has 0 saturated carbocycles. The topological polar surface area (TPSA) is 98.9 Å². The van der Waals surface area contributed by atoms with Crippen LogP contribution >= 0.6 is 11.8 Å². The molecule has 2 N–H and O–H groups in total. The maximum atomic E-state index is 12.7. The highest BCUT2D eigenvalue weighted by molar-refractivity contribution is 8.19. The molecule has 3 rings (SSSR count). The third-order valence-corrected chi connectivity index (χ3v) is 4.61. The Morgan fingerprint density at radius 1 is 1.11 bits per heavy atom. The average molecular weight is 398 g/mol. The standard InChI is InChI=1S/C20H18N2O5S/c1-2-26-16-10-13(8-9-15(16)27-12-18(21)23)11-17-19(24)22(20(25)28-17)14-6-4-3-5-7-14/h3-11H,2,12H2,1H3,(H2,21,23)/b17-11+. The fraction of sp³-hybridized carbons (Fsp3) is 0.150. The number of carbonyl (C=O) groups excluding carboxylic acids is 3. The smallest absolute Gasteiger partial charge is 0.298 e. The second-order valence-electron chi connectivity index (χ2n) is 5.75. The lowest BCUT2D eigenvalue weighted by Gasteiger charge is -2.12. The van der Waals surface area contributed by atoms with Crippen molar-refractivity contribution < 1.29 is 23.9 Å². The van der Waals surface area contributed by atoms with Crippen LogP contribution in [0.5, 0.6) is 11.5 Å². The maximum Gasteiger partial charge on any atom is 0.298 e. The molecule has 0 radical (unpaired) electrons. The largest absolute Gasteiger partial charge is 0.490 e. The molecule has 0 aromatic heterocycles. The zero-order valence-electron chi connectivity index (χ0n) is 15.1. The van der Waals surface area contributed by atoms with Gasteiger partial charge >= 0.3 is 0 Å². The molecule has 8 heteroatoms. The molecule has 7 nitrogen and oxygen atoms in total. The van der Waals surface area contributed by atoms with E-state index in [1.54, 1.807) is 48.5 Å². The Bertz CT molecular complexity index is 943. The SMILES string of the molecule is CCOc1cc(/C=C2/SC(=O)N(c3ccccc3)C2=O)ccc1OCC(N)=O. The van der Waals surface area contributed by atoms with E-state index in [-0.39, 0.29) is 17.8 Å². The van der Waals surface area contributed by atoms with Gasteiger partial charge in [-0.25, -0.2) is 4.90 Å². The van der Waals surface area contributed by atoms with Gasteiger partial charge in [0.1, 0.15) is 0 Å². The van der Waals surface area contributed by atoms with Gasteiger partial charge in [-0.2, -0.15) is 0 Å². The second kappa shape index (κ2) is 8.62. The monoisotopic (exact) mass is 398 g/mol. The molecule has 0 spiro atoms. The number of hydrogen-bond donors (Lipinski definition) is 1. The van der Waals surface area contributed by atoms with Crippen molar-refractivity contribution >= 4 is 40.6 Å². The minimum Gasteiger partial charge on any atom is -0.490 e. The fourth-order valence-electron chi connectivity index (χ4n) is 2.57. The summed E-state index contributed by atoms with van der Waals surface area (Å²) in [5, 5.41) is -0.353. The van der Waals surface area contributed by atoms with Crippen LogP contribution in [0.3, 0.4) is 0 Å². The number of para-hydroxylation sites is 1. The number of nitrogens with two attached hydrogens (primary N) is 1. The highest BCUT2D eigenvalue weighted by Gasteiger charge is 2.36. The lowest BCUT2D eigenvalue weighted by molar-refractivity contribution is -0.120. The van der Waals surface area contributed by atoms with Crippen molar-refractivity contribution in [3.8, 4) is 11.5 Å². The van der Waals surface area contributed by atoms with Crippen LogP contribution in [0.15, 0.2) is 53.4 Å². The van der Waals surface area contributed by atoms with Crippen LogP contribution in [0, 0.1) is 0 Å². The van der Waals surface area contributed by atoms with Crippen molar-refractivity contribution in [1.29, 1.82) is 0 Å². The van der Waals surface area contributed by atoms with Gasteiger partial charge in [-0.05, 0) is 54.6 Å². The predicted molar refractivity (Wildman–Crippen MR) is 107 cm³/mol. The van der Waals surface area contributed by atoms with Gasteiger partial charge in [0, 0.05) is 0 Å². The first-order valence-corrected chi connectivity index (χ1v) is 9.32. The molecule has 1 aliphatic heterocycles. The Morgan fingerprint density at radius 2 is 1.86 bits per heavy atom. The number of rotatable bonds is 7. The lowest BCUT2D eigenvalue weighted by Crippen LogP contribution is -2.27. The molecule has 0 unspecified atom stereocenters. The van der Waals surface area contributed by atoms with E-state index in [1.807, 2.05) is 13.0 Å². The molecule has 1 heterocycles. The summed E-state index contributed by atoms with van der Waals surface area (Å²) in [6, 6.07) is 13.8. The van der Waals surface area contributed by atoms with E-state index < -0.39 is 5.91 Å². The van der Waals surface area contributed by atoms with Crippen LogP contribution in [-0.4, -0.2) is 30.3 Å². The molecule has 2 aromatic carbocycles. The number of hydrogen-bond acceptors (Lipinski definition) is 6. The number of anilines is 1. The number of primary amides is 1. The molecule has 3 amide bonds. The molecule has 1 saturated heterocycles. The fourth-order valence-corrected chi connectivity index (χ4v) is 3.41. The number of thioether (sulfide) groups is 1. The molecular formula is C20H18N2O5S. The van der Waals surface area contributed by atoms with Crippen LogP contribution in [-0.2, 0) is 9.59 Å². The molecule has 28 heavy (non-hydrogen) atoms. The molecule has 0 bridgehead atoms. The van der Waals surface area contributed by atoms with Crippen LogP contribution in [0.4, 0.5) is 10.5 Å². The summed E-state index contributed by atoms with van der Waals surface area (Å²) in [7, 11) is 0. The zero-order valence-corrected chi connectivity index (χ0v) is 15.9. The third kappa shape index (κ3) is 4.34. The Morgan fingerprint density at radius 3 is 2.54 bits per heavy atom. The van der Waals surface area contributed by atoms with Gasteiger partial charge in [-0.1, -0.05) is 24.3 Å². The van der Waals surface area contributed by atoms with E-state index in [4.69, 9.17) is 15.2 Å². The molecule has 0 aliphatic carbocycles. The highest BCUT2D eigenvalue weighted by atomic mass is 32.2. The molecule has 0 atom stereocenters. The number of nitrogens with zero attached hydrogens (tertiary/aromatic N) is 1. The van der Waals surface area contributed by atoms with Gasteiger partial charge in [0.15, 0.2) is 18.1 Å². The van der Waals surface area contributed by atoms with Gasteiger partial charge in [0.2, 0.25) is 0 Å². The predicted octanol–water partition coefficient (Wildman–Crippen LogP) is 3.19. The number of ether oxygens (including phenoxy) is 2. The first-order valence-electron chi connectivity index (χ1n) is 8.50. The Labute approximate surface area is 166 Å². The molecule has 2 aromatic rings. The Balaban J connectivity index is 1.86. The summed E-state index contributed by atoms with van der Waals surface area (Å²) in [4.78, 5) is 37.4. The van der Waals surface area contributed by atoms with E-state index in [2.05, 4.69) is 0 Å². The normalized spacial score (nSPS) is 15.2. The van der Waals surface area contributed by atoms with E-state index in [9.17, 15) is 14.4 Å². The molecular weight excluding hydrogens is 380 g/mol. The Kier molecular flexibility index (Phi) is 6.00. The van der Waals surface area contributed by atoms with Gasteiger partial charge in [-0.3, -0.25) is 14.4 Å². The maximum absolute atomic E-state index is 12.7. The van der Waals surface area contributed by atoms with Crippen molar-refractivity contribution in [3.63, 3.8) is 0 Å². The quantitative estimate of drug-likeness (QED) is 0.719. The van der Waals surface area contributed by atoms with E-state index in [0.717, 1.165) is 16.7 Å². The van der Waals surface area contributed by atoms with Crippen molar-refractivity contribution in [2.24, 2.45) is 5.73 Å². The van der Waals surface area contributed by atoms with Crippen LogP contribution in [0.25, 0.3) is 6.08 Å². The van der Waals surface area contributed by atoms with Crippen molar-refractivity contribution in [3.05, 3.63) is 59.0 Å². The molecule has 144 valence electrons. The van der Waals surface area contributed by atoms with Gasteiger partial charge < -0.3 is 15.2 Å². The number of amides is 3. The van der Waals surface area contributed by atoms with Gasteiger partial charge in [0.25, 0.3) is 17.1 Å². The van der Waals surface area contributed by atoms with Crippen molar-refractivity contribution in [1.82, 2.24) is 0 Å². The van der Waals surface area contributed by atoms with E-state index in [1.165, 1.54) is 0 Å². The van der Waals surface area contributed by atoms with Crippen LogP contribution in [0.2, 0.25) is 0 Å². The summed E-state index contributed by atoms with van der Waals surface area (Å²) in [6.07, 6.45) is 1.62. The summed E-state index contributed by atoms with van der Waals surface area (Å²) >= 11 is 0.874. The average Bonchev–Trinajstić information content (AvgIpc) is 2.95. The van der Waals surface area contributed by atoms with Crippen LogP contribution < -0.4 is 20.1 Å². The second-order valence-corrected chi connectivity index (χ2v) is 6.74. The number of imide groups is 1. The summed E-state index contributed by atoms with van der Waals surface area (Å²) in [6.45, 7) is 1.94. The number of carbonyl (C=O) groups is 3. The summed E-state index contributed by atoms with van der Waals surface area (Å²) < 4.78 is 10.9. The van der Waals surface area contributed by atoms with E-state index >= 15 is 0 Å². The first kappa shape index (κ1) is 19.5. The Hall–Kier alpha value is -3.26. The van der Waals surface area contributed by atoms with E-state index in [0.29, 0.717) is 34.3 Å². The number of benzene rings is 2. The van der Waals surface area contributed by atoms with Gasteiger partial charge in [-0.15, -0.1) is 0 Å². The lowest BCUT2D eigenvalue weighted by atomic mass is 10.1. The highest BCUT2D eigenvalue weighted by Crippen LogP contribution is 2.37. The summed E-state index contributed by atoms with van der Waals surface area (Å²) in [5.74, 6) is -0.190. The molecule has 1 fully saturated rings. The van der Waals surface area contributed by atoms with Crippen LogP contribution in [0.1, 0.15) is 12.5 Å². The third-order valence-electron chi connectivity index (χ3n) is 3.74.